The molecule has 11 heavy (non-hydrogen) atoms. The van der Waals surface area contributed by atoms with Gasteiger partial charge in [-0.1, -0.05) is 0 Å². The van der Waals surface area contributed by atoms with E-state index in [-0.39, 0.29) is 51.4 Å². The van der Waals surface area contributed by atoms with Crippen LogP contribution in [0.15, 0.2) is 9.98 Å². The van der Waals surface area contributed by atoms with Crippen LogP contribution in [0, 0.1) is 0 Å². The molecule has 0 heterocycles. The Hall–Kier alpha value is -0.264. The zero-order valence-corrected chi connectivity index (χ0v) is 8.65. The monoisotopic (exact) mass is 179 g/mol. The van der Waals surface area contributed by atoms with Gasteiger partial charge in [-0.05, 0) is 0 Å². The van der Waals surface area contributed by atoms with Gasteiger partial charge in [0.1, 0.15) is 0 Å². The van der Waals surface area contributed by atoms with E-state index in [0.29, 0.717) is 0 Å². The fourth-order valence-electron chi connectivity index (χ4n) is 0.179. The number of hydrogen-bond acceptors (Lipinski definition) is 4. The van der Waals surface area contributed by atoms with Crippen LogP contribution in [0.3, 0.4) is 0 Å². The third kappa shape index (κ3) is 6.15. The van der Waals surface area contributed by atoms with Crippen LogP contribution in [0.25, 0.3) is 0 Å². The number of carbonyl (C=O) groups excluding carboxylic acids is 4. The van der Waals surface area contributed by atoms with Crippen LogP contribution in [0.2, 0.25) is 0 Å². The topological polar surface area (TPSA) is 93.0 Å². The van der Waals surface area contributed by atoms with Crippen molar-refractivity contribution in [2.24, 2.45) is 9.98 Å². The third-order valence-corrected chi connectivity index (χ3v) is 0.477. The van der Waals surface area contributed by atoms with Crippen molar-refractivity contribution < 1.29 is 19.2 Å². The molecule has 0 aromatic rings. The number of amides is 2. The zero-order valence-electron chi connectivity index (χ0n) is 5.53. The van der Waals surface area contributed by atoms with E-state index in [9.17, 15) is 19.2 Å². The summed E-state index contributed by atoms with van der Waals surface area (Å²) >= 11 is 0. The Morgan fingerprint density at radius 1 is 0.909 bits per heavy atom. The molecule has 2 amide bonds. The minimum Gasteiger partial charge on any atom is -0.260 e. The van der Waals surface area contributed by atoms with Crippen LogP contribution < -0.4 is 0 Å². The van der Waals surface area contributed by atoms with Crippen LogP contribution >= 0.6 is 0 Å². The van der Waals surface area contributed by atoms with Gasteiger partial charge in [0.05, 0.1) is 0 Å². The Kier molecular flexibility index (Phi) is 9.50. The molecule has 0 fully saturated rings. The molecule has 6 nitrogen and oxygen atoms in total. The maximum atomic E-state index is 10.1. The van der Waals surface area contributed by atoms with E-state index in [4.69, 9.17) is 0 Å². The average Bonchev–Trinajstić information content (AvgIpc) is 1.89. The normalized spacial score (nSPS) is 6.18. The summed E-state index contributed by atoms with van der Waals surface area (Å²) in [5.74, 6) is -2.86. The van der Waals surface area contributed by atoms with Gasteiger partial charge in [-0.25, -0.2) is 9.59 Å². The molecule has 0 aliphatic rings. The molecule has 0 rings (SSSR count). The Morgan fingerprint density at radius 2 is 1.18 bits per heavy atom. The van der Waals surface area contributed by atoms with Crippen molar-refractivity contribution in [3.05, 3.63) is 0 Å². The molecule has 51 valence electrons. The number of rotatable bonds is 0. The van der Waals surface area contributed by atoms with Crippen molar-refractivity contribution >= 4 is 75.4 Å². The van der Waals surface area contributed by atoms with Gasteiger partial charge in [-0.3, -0.25) is 9.59 Å². The first-order chi connectivity index (χ1) is 4.72. The first-order valence-corrected chi connectivity index (χ1v) is 1.96. The fraction of sp³-hybridized carbons (Fsp3) is 0. The number of hydrogen-bond donors (Lipinski definition) is 0. The van der Waals surface area contributed by atoms with E-state index in [2.05, 4.69) is 9.98 Å². The molecule has 0 aromatic heterocycles. The van der Waals surface area contributed by atoms with Crippen LogP contribution in [-0.2, 0) is 19.2 Å². The van der Waals surface area contributed by atoms with Crippen molar-refractivity contribution in [3.63, 3.8) is 0 Å². The second-order valence-corrected chi connectivity index (χ2v) is 1.02. The van der Waals surface area contributed by atoms with E-state index in [0.717, 1.165) is 12.2 Å². The van der Waals surface area contributed by atoms with Gasteiger partial charge in [0.2, 0.25) is 12.2 Å². The van der Waals surface area contributed by atoms with Crippen molar-refractivity contribution in [1.29, 1.82) is 0 Å². The molecule has 0 bridgehead atoms. The van der Waals surface area contributed by atoms with Crippen LogP contribution in [0.1, 0.15) is 0 Å². The molecule has 0 aliphatic heterocycles. The second kappa shape index (κ2) is 7.84. The zero-order chi connectivity index (χ0) is 7.98. The summed E-state index contributed by atoms with van der Waals surface area (Å²) in [6.07, 6.45) is 1.64. The van der Waals surface area contributed by atoms with Crippen LogP contribution in [0.4, 0.5) is 0 Å². The van der Waals surface area contributed by atoms with Crippen molar-refractivity contribution in [2.45, 2.75) is 0 Å². The number of isocyanates is 2. The number of aliphatic imine (C=N–C) groups is 2. The van der Waals surface area contributed by atoms with Gasteiger partial charge in [0.15, 0.2) is 0 Å². The SMILES string of the molecule is O=C=NC(=O)C(=O)N=C=O.[K]. The largest absolute Gasteiger partial charge is 0.348 e. The van der Waals surface area contributed by atoms with Gasteiger partial charge in [0, 0.05) is 51.4 Å². The first-order valence-electron chi connectivity index (χ1n) is 1.96. The van der Waals surface area contributed by atoms with E-state index < -0.39 is 11.8 Å². The van der Waals surface area contributed by atoms with Gasteiger partial charge in [-0.2, -0.15) is 0 Å². The molecule has 0 saturated carbocycles. The van der Waals surface area contributed by atoms with E-state index in [1.165, 1.54) is 0 Å². The summed E-state index contributed by atoms with van der Waals surface area (Å²) in [5, 5.41) is 0. The summed E-state index contributed by atoms with van der Waals surface area (Å²) in [4.78, 5) is 43.6. The molecule has 0 unspecified atom stereocenters. The Balaban J connectivity index is 0. The molecule has 0 aromatic carbocycles. The second-order valence-electron chi connectivity index (χ2n) is 1.02. The van der Waals surface area contributed by atoms with Crippen molar-refractivity contribution in [2.75, 3.05) is 0 Å². The maximum Gasteiger partial charge on any atom is 0.348 e. The Bertz CT molecular complexity index is 233. The standard InChI is InChI=1S/C4N2O4.K/c7-1-5-3(9)4(10)6-2-8;. The minimum absolute atomic E-state index is 0. The van der Waals surface area contributed by atoms with Gasteiger partial charge in [-0.15, -0.1) is 9.98 Å². The number of nitrogens with zero attached hydrogens (tertiary/aromatic N) is 2. The molecule has 0 spiro atoms. The Morgan fingerprint density at radius 3 is 1.36 bits per heavy atom. The summed E-state index contributed by atoms with van der Waals surface area (Å²) in [6, 6.07) is 0. The van der Waals surface area contributed by atoms with Crippen molar-refractivity contribution in [1.82, 2.24) is 0 Å². The minimum atomic E-state index is -1.43. The summed E-state index contributed by atoms with van der Waals surface area (Å²) in [7, 11) is 0. The van der Waals surface area contributed by atoms with E-state index >= 15 is 0 Å². The van der Waals surface area contributed by atoms with E-state index in [1.807, 2.05) is 0 Å². The van der Waals surface area contributed by atoms with Crippen LogP contribution in [0.5, 0.6) is 0 Å². The third-order valence-electron chi connectivity index (χ3n) is 0.477. The van der Waals surface area contributed by atoms with Crippen molar-refractivity contribution in [3.8, 4) is 0 Å². The first kappa shape index (κ1) is 13.3. The van der Waals surface area contributed by atoms with E-state index in [1.54, 1.807) is 0 Å². The van der Waals surface area contributed by atoms with Gasteiger partial charge in [0.25, 0.3) is 0 Å². The Labute approximate surface area is 103 Å². The predicted octanol–water partition coefficient (Wildman–Crippen LogP) is -1.67. The van der Waals surface area contributed by atoms with Gasteiger partial charge >= 0.3 is 11.8 Å². The van der Waals surface area contributed by atoms with Gasteiger partial charge < -0.3 is 0 Å². The molecule has 0 N–H and O–H groups in total. The molecule has 0 aliphatic carbocycles. The smallest absolute Gasteiger partial charge is 0.260 e. The number of carbonyl (C=O) groups is 2. The quantitative estimate of drug-likeness (QED) is 0.192. The average molecular weight is 179 g/mol. The summed E-state index contributed by atoms with van der Waals surface area (Å²) in [6.45, 7) is 0. The molecular formula is C4KN2O4. The summed E-state index contributed by atoms with van der Waals surface area (Å²) < 4.78 is 0. The molecule has 7 heteroatoms. The fourth-order valence-corrected chi connectivity index (χ4v) is 0.179. The maximum absolute atomic E-state index is 10.1. The summed E-state index contributed by atoms with van der Waals surface area (Å²) in [5.41, 5.74) is 0. The molecule has 1 radical (unpaired) electrons. The molecule has 0 atom stereocenters. The molecular weight excluding hydrogens is 179 g/mol. The van der Waals surface area contributed by atoms with Crippen LogP contribution in [-0.4, -0.2) is 75.4 Å². The predicted molar refractivity (Wildman–Crippen MR) is 32.0 cm³/mol. The molecule has 0 saturated heterocycles.